The van der Waals surface area contributed by atoms with Crippen LogP contribution in [0.2, 0.25) is 0 Å². The summed E-state index contributed by atoms with van der Waals surface area (Å²) >= 11 is 0. The van der Waals surface area contributed by atoms with Crippen LogP contribution in [0.5, 0.6) is 0 Å². The summed E-state index contributed by atoms with van der Waals surface area (Å²) in [4.78, 5) is -0.728. The van der Waals surface area contributed by atoms with Crippen molar-refractivity contribution in [3.8, 4) is 0 Å². The third-order valence-electron chi connectivity index (χ3n) is 1.66. The number of hydrogen-bond acceptors (Lipinski definition) is 4. The van der Waals surface area contributed by atoms with E-state index in [0.717, 1.165) is 19.2 Å². The van der Waals surface area contributed by atoms with Crippen molar-refractivity contribution in [3.05, 3.63) is 24.3 Å². The highest BCUT2D eigenvalue weighted by molar-refractivity contribution is 7.91. The van der Waals surface area contributed by atoms with Crippen molar-refractivity contribution >= 4 is 26.1 Å². The first kappa shape index (κ1) is 12.9. The number of benzene rings is 1. The van der Waals surface area contributed by atoms with Gasteiger partial charge >= 0.3 is 10.2 Å². The number of hydrogen-bond donors (Lipinski definition) is 2. The topological polar surface area (TPSA) is 92.3 Å². The zero-order valence-electron chi connectivity index (χ0n) is 8.14. The van der Waals surface area contributed by atoms with E-state index >= 15 is 0 Å². The lowest BCUT2D eigenvalue weighted by molar-refractivity contribution is 0.552. The predicted molar refractivity (Wildman–Crippen MR) is 56.3 cm³/mol. The minimum absolute atomic E-state index is 0.348. The van der Waals surface area contributed by atoms with E-state index in [-0.39, 0.29) is 5.69 Å². The molecule has 0 amide bonds. The second-order valence-corrected chi connectivity index (χ2v) is 5.68. The van der Waals surface area contributed by atoms with Crippen molar-refractivity contribution in [2.45, 2.75) is 4.90 Å². The molecule has 2 N–H and O–H groups in total. The average molecular weight is 268 g/mol. The minimum Gasteiger partial charge on any atom is -0.270 e. The summed E-state index contributed by atoms with van der Waals surface area (Å²) in [6, 6.07) is 4.76. The van der Waals surface area contributed by atoms with Gasteiger partial charge in [0.05, 0.1) is 5.69 Å². The molecule has 0 aliphatic heterocycles. The summed E-state index contributed by atoms with van der Waals surface area (Å²) in [5.74, 6) is 0. The molecule has 0 fully saturated rings. The van der Waals surface area contributed by atoms with Gasteiger partial charge in [0, 0.05) is 7.05 Å². The van der Waals surface area contributed by atoms with Crippen LogP contribution in [0.3, 0.4) is 0 Å². The van der Waals surface area contributed by atoms with Gasteiger partial charge in [-0.25, -0.2) is 4.72 Å². The summed E-state index contributed by atoms with van der Waals surface area (Å²) < 4.78 is 60.2. The van der Waals surface area contributed by atoms with Gasteiger partial charge in [0.25, 0.3) is 10.2 Å². The average Bonchev–Trinajstić information content (AvgIpc) is 2.16. The van der Waals surface area contributed by atoms with Crippen molar-refractivity contribution in [3.63, 3.8) is 0 Å². The van der Waals surface area contributed by atoms with E-state index < -0.39 is 25.3 Å². The van der Waals surface area contributed by atoms with E-state index in [2.05, 4.69) is 0 Å². The first-order valence-corrected chi connectivity index (χ1v) is 6.88. The molecule has 1 aromatic rings. The third-order valence-corrected chi connectivity index (χ3v) is 3.57. The quantitative estimate of drug-likeness (QED) is 0.764. The van der Waals surface area contributed by atoms with Crippen LogP contribution in [0, 0.1) is 0 Å². The zero-order chi connectivity index (χ0) is 12.4. The molecule has 0 atom stereocenters. The monoisotopic (exact) mass is 268 g/mol. The molecule has 16 heavy (non-hydrogen) atoms. The molecule has 0 aromatic heterocycles. The van der Waals surface area contributed by atoms with Gasteiger partial charge in [-0.05, 0) is 12.1 Å². The van der Waals surface area contributed by atoms with Crippen LogP contribution in [-0.2, 0) is 20.4 Å². The van der Waals surface area contributed by atoms with Crippen LogP contribution in [0.1, 0.15) is 0 Å². The van der Waals surface area contributed by atoms with Crippen LogP contribution in [0.15, 0.2) is 29.2 Å². The van der Waals surface area contributed by atoms with E-state index in [4.69, 9.17) is 0 Å². The van der Waals surface area contributed by atoms with Gasteiger partial charge in [0.2, 0.25) is 0 Å². The lowest BCUT2D eigenvalue weighted by Crippen LogP contribution is -2.27. The van der Waals surface area contributed by atoms with Gasteiger partial charge < -0.3 is 0 Å². The van der Waals surface area contributed by atoms with Crippen LogP contribution in [0.4, 0.5) is 9.57 Å². The molecule has 6 nitrogen and oxygen atoms in total. The molecule has 9 heteroatoms. The molecule has 0 radical (unpaired) electrons. The normalized spacial score (nSPS) is 12.4. The molecular weight excluding hydrogens is 259 g/mol. The lowest BCUT2D eigenvalue weighted by Gasteiger charge is -2.08. The molecule has 0 aliphatic carbocycles. The minimum atomic E-state index is -4.97. The lowest BCUT2D eigenvalue weighted by atomic mass is 10.3. The van der Waals surface area contributed by atoms with Gasteiger partial charge in [-0.3, -0.25) is 4.72 Å². The van der Waals surface area contributed by atoms with E-state index in [9.17, 15) is 20.7 Å². The van der Waals surface area contributed by atoms with Crippen LogP contribution in [-0.4, -0.2) is 23.9 Å². The van der Waals surface area contributed by atoms with E-state index in [1.54, 1.807) is 0 Å². The highest BCUT2D eigenvalue weighted by Crippen LogP contribution is 2.23. The van der Waals surface area contributed by atoms with Gasteiger partial charge in [0.1, 0.15) is 4.90 Å². The van der Waals surface area contributed by atoms with Crippen molar-refractivity contribution in [1.82, 2.24) is 4.72 Å². The molecular formula is C7H9FN2O4S2. The molecule has 1 aromatic carbocycles. The smallest absolute Gasteiger partial charge is 0.270 e. The molecule has 0 unspecified atom stereocenters. The summed E-state index contributed by atoms with van der Waals surface area (Å²) in [6.45, 7) is 0. The molecule has 1 rings (SSSR count). The predicted octanol–water partition coefficient (Wildman–Crippen LogP) is 0.221. The second kappa shape index (κ2) is 4.36. The summed E-state index contributed by atoms with van der Waals surface area (Å²) in [6.07, 6.45) is 0. The van der Waals surface area contributed by atoms with Crippen molar-refractivity contribution in [1.29, 1.82) is 0 Å². The Kier molecular flexibility index (Phi) is 3.51. The summed E-state index contributed by atoms with van der Waals surface area (Å²) in [5, 5.41) is 0. The maximum atomic E-state index is 12.8. The Bertz CT molecular complexity index is 582. The van der Waals surface area contributed by atoms with Crippen LogP contribution >= 0.6 is 0 Å². The van der Waals surface area contributed by atoms with E-state index in [1.165, 1.54) is 12.1 Å². The third kappa shape index (κ3) is 3.15. The first-order valence-electron chi connectivity index (χ1n) is 4.01. The van der Waals surface area contributed by atoms with E-state index in [1.807, 2.05) is 9.44 Å². The first-order chi connectivity index (χ1) is 7.26. The highest BCUT2D eigenvalue weighted by atomic mass is 32.3. The van der Waals surface area contributed by atoms with Gasteiger partial charge in [-0.15, -0.1) is 3.89 Å². The molecule has 0 saturated heterocycles. The van der Waals surface area contributed by atoms with Gasteiger partial charge in [0.15, 0.2) is 0 Å². The van der Waals surface area contributed by atoms with Crippen LogP contribution in [0.25, 0.3) is 0 Å². The summed E-state index contributed by atoms with van der Waals surface area (Å²) in [5.41, 5.74) is -0.348. The Hall–Kier alpha value is -1.19. The highest BCUT2D eigenvalue weighted by Gasteiger charge is 2.19. The maximum absolute atomic E-state index is 12.8. The molecule has 0 bridgehead atoms. The molecule has 0 aliphatic rings. The Balaban J connectivity index is 3.26. The van der Waals surface area contributed by atoms with E-state index in [0.29, 0.717) is 0 Å². The molecule has 0 heterocycles. The van der Waals surface area contributed by atoms with Gasteiger partial charge in [-0.1, -0.05) is 12.1 Å². The Morgan fingerprint density at radius 1 is 1.12 bits per heavy atom. The summed E-state index contributed by atoms with van der Waals surface area (Å²) in [7, 11) is -7.72. The standard InChI is InChI=1S/C7H9FN2O4S2/c1-9-16(13,14)10-6-4-2-3-5-7(6)15(8,11)12/h2-5,9-10H,1H3. The van der Waals surface area contributed by atoms with Crippen LogP contribution < -0.4 is 9.44 Å². The van der Waals surface area contributed by atoms with Crippen molar-refractivity contribution < 1.29 is 20.7 Å². The zero-order valence-corrected chi connectivity index (χ0v) is 9.77. The molecule has 90 valence electrons. The van der Waals surface area contributed by atoms with Crippen molar-refractivity contribution in [2.75, 3.05) is 11.8 Å². The Morgan fingerprint density at radius 2 is 1.69 bits per heavy atom. The number of para-hydroxylation sites is 1. The number of halogens is 1. The van der Waals surface area contributed by atoms with Gasteiger partial charge in [-0.2, -0.15) is 16.8 Å². The number of anilines is 1. The molecule has 0 spiro atoms. The SMILES string of the molecule is CNS(=O)(=O)Nc1ccccc1S(=O)(=O)F. The fourth-order valence-corrected chi connectivity index (χ4v) is 2.22. The fourth-order valence-electron chi connectivity index (χ4n) is 0.959. The largest absolute Gasteiger partial charge is 0.334 e. The Morgan fingerprint density at radius 3 is 2.19 bits per heavy atom. The number of nitrogens with one attached hydrogen (secondary N) is 2. The Labute approximate surface area is 92.9 Å². The molecule has 0 saturated carbocycles. The number of rotatable bonds is 4. The van der Waals surface area contributed by atoms with Crippen molar-refractivity contribution in [2.24, 2.45) is 0 Å². The fraction of sp³-hybridized carbons (Fsp3) is 0.143. The maximum Gasteiger partial charge on any atom is 0.334 e. The second-order valence-electron chi connectivity index (χ2n) is 2.74.